The number of rotatable bonds is 2. The number of Topliss-reactive ketones (excluding diaryl/α,β-unsaturated/α-hetero) is 1. The molecule has 1 aliphatic heterocycles. The number of fused-ring (bicyclic) bond motifs is 2. The Morgan fingerprint density at radius 3 is 2.52 bits per heavy atom. The van der Waals surface area contributed by atoms with Gasteiger partial charge in [-0.1, -0.05) is 32.0 Å². The van der Waals surface area contributed by atoms with Crippen molar-refractivity contribution in [1.29, 1.82) is 0 Å². The molecule has 0 unspecified atom stereocenters. The van der Waals surface area contributed by atoms with Crippen LogP contribution in [0.15, 0.2) is 41.2 Å². The first kappa shape index (κ1) is 19.8. The van der Waals surface area contributed by atoms with Crippen LogP contribution in [0.2, 0.25) is 0 Å². The van der Waals surface area contributed by atoms with Crippen molar-refractivity contribution >= 4 is 22.6 Å². The van der Waals surface area contributed by atoms with Crippen molar-refractivity contribution in [3.8, 4) is 0 Å². The van der Waals surface area contributed by atoms with Gasteiger partial charge < -0.3 is 14.9 Å². The third-order valence-corrected chi connectivity index (χ3v) is 6.72. The summed E-state index contributed by atoms with van der Waals surface area (Å²) in [7, 11) is 0. The zero-order valence-electron chi connectivity index (χ0n) is 18.0. The van der Waals surface area contributed by atoms with Gasteiger partial charge in [0.15, 0.2) is 5.78 Å². The first-order valence-electron chi connectivity index (χ1n) is 11.0. The molecule has 31 heavy (non-hydrogen) atoms. The number of likely N-dealkylation sites (tertiary alicyclic amines) is 1. The van der Waals surface area contributed by atoms with Crippen LogP contribution in [-0.4, -0.2) is 39.6 Å². The second kappa shape index (κ2) is 7.22. The van der Waals surface area contributed by atoms with Crippen LogP contribution in [0.3, 0.4) is 0 Å². The molecule has 2 N–H and O–H groups in total. The van der Waals surface area contributed by atoms with E-state index in [9.17, 15) is 14.4 Å². The van der Waals surface area contributed by atoms with Gasteiger partial charge in [0.1, 0.15) is 5.56 Å². The lowest BCUT2D eigenvalue weighted by molar-refractivity contribution is 0.0710. The summed E-state index contributed by atoms with van der Waals surface area (Å²) in [6, 6.07) is 11.9. The van der Waals surface area contributed by atoms with Gasteiger partial charge in [-0.25, -0.2) is 0 Å². The number of carbonyl (C=O) groups is 2. The Labute approximate surface area is 180 Å². The van der Waals surface area contributed by atoms with E-state index in [1.165, 1.54) is 17.1 Å². The second-order valence-corrected chi connectivity index (χ2v) is 9.72. The van der Waals surface area contributed by atoms with Crippen molar-refractivity contribution in [1.82, 2.24) is 14.9 Å². The van der Waals surface area contributed by atoms with E-state index >= 15 is 0 Å². The number of amides is 1. The first-order valence-corrected chi connectivity index (χ1v) is 11.0. The van der Waals surface area contributed by atoms with Crippen molar-refractivity contribution in [3.05, 3.63) is 69.3 Å². The molecule has 1 saturated heterocycles. The van der Waals surface area contributed by atoms with Crippen LogP contribution in [0.1, 0.15) is 71.1 Å². The Kier molecular flexibility index (Phi) is 4.61. The molecule has 0 spiro atoms. The molecule has 6 heteroatoms. The van der Waals surface area contributed by atoms with Crippen molar-refractivity contribution in [3.63, 3.8) is 0 Å². The largest absolute Gasteiger partial charge is 0.358 e. The number of nitrogens with zero attached hydrogens (tertiary/aromatic N) is 1. The number of benzene rings is 1. The smallest absolute Gasteiger partial charge is 0.261 e. The van der Waals surface area contributed by atoms with E-state index in [1.54, 1.807) is 4.90 Å². The highest BCUT2D eigenvalue weighted by atomic mass is 16.2. The lowest BCUT2D eigenvalue weighted by Crippen LogP contribution is -2.41. The fourth-order valence-corrected chi connectivity index (χ4v) is 5.07. The minimum atomic E-state index is -0.396. The predicted octanol–water partition coefficient (Wildman–Crippen LogP) is 4.03. The number of aromatic nitrogens is 2. The molecule has 5 rings (SSSR count). The van der Waals surface area contributed by atoms with Gasteiger partial charge >= 0.3 is 0 Å². The van der Waals surface area contributed by atoms with Gasteiger partial charge in [0, 0.05) is 47.9 Å². The summed E-state index contributed by atoms with van der Waals surface area (Å²) in [6.07, 6.45) is 2.74. The third-order valence-electron chi connectivity index (χ3n) is 6.72. The first-order chi connectivity index (χ1) is 14.8. The zero-order valence-corrected chi connectivity index (χ0v) is 18.0. The van der Waals surface area contributed by atoms with Crippen molar-refractivity contribution in [2.24, 2.45) is 5.41 Å². The SMILES string of the molecule is CC1(C)CC(=O)c2cc(C(=O)N3CCC(c4cc5ccccc5[nH]4)CC3)c(=O)[nH]c2C1. The van der Waals surface area contributed by atoms with E-state index < -0.39 is 5.56 Å². The number of aromatic amines is 2. The van der Waals surface area contributed by atoms with Crippen LogP contribution >= 0.6 is 0 Å². The molecule has 3 aromatic rings. The van der Waals surface area contributed by atoms with Gasteiger partial charge in [0.2, 0.25) is 0 Å². The van der Waals surface area contributed by atoms with Crippen LogP contribution in [0.25, 0.3) is 10.9 Å². The van der Waals surface area contributed by atoms with Crippen LogP contribution in [0.5, 0.6) is 0 Å². The van der Waals surface area contributed by atoms with E-state index in [2.05, 4.69) is 28.2 Å². The number of hydrogen-bond acceptors (Lipinski definition) is 3. The summed E-state index contributed by atoms with van der Waals surface area (Å²) in [5.41, 5.74) is 2.99. The standard InChI is InChI=1S/C25H27N3O3/c1-25(2)13-21-17(22(29)14-25)12-18(23(30)27-21)24(31)28-9-7-15(8-10-28)20-11-16-5-3-4-6-19(16)26-20/h3-6,11-12,15,26H,7-10,13-14H2,1-2H3,(H,27,30). The maximum Gasteiger partial charge on any atom is 0.261 e. The Morgan fingerprint density at radius 2 is 1.77 bits per heavy atom. The number of H-pyrrole nitrogens is 2. The molecule has 2 aliphatic rings. The summed E-state index contributed by atoms with van der Waals surface area (Å²) in [4.78, 5) is 46.4. The van der Waals surface area contributed by atoms with Crippen LogP contribution in [0.4, 0.5) is 0 Å². The Balaban J connectivity index is 1.33. The molecule has 6 nitrogen and oxygen atoms in total. The average molecular weight is 418 g/mol. The molecule has 2 aromatic heterocycles. The highest BCUT2D eigenvalue weighted by Crippen LogP contribution is 2.34. The van der Waals surface area contributed by atoms with Gasteiger partial charge in [-0.15, -0.1) is 0 Å². The third kappa shape index (κ3) is 3.60. The van der Waals surface area contributed by atoms with Crippen LogP contribution < -0.4 is 5.56 Å². The van der Waals surface area contributed by atoms with Gasteiger partial charge in [-0.2, -0.15) is 0 Å². The summed E-state index contributed by atoms with van der Waals surface area (Å²) >= 11 is 0. The van der Waals surface area contributed by atoms with Gasteiger partial charge in [-0.3, -0.25) is 14.4 Å². The number of pyridine rings is 1. The van der Waals surface area contributed by atoms with Gasteiger partial charge in [0.25, 0.3) is 11.5 Å². The van der Waals surface area contributed by atoms with E-state index in [0.717, 1.165) is 18.4 Å². The quantitative estimate of drug-likeness (QED) is 0.660. The second-order valence-electron chi connectivity index (χ2n) is 9.72. The fourth-order valence-electron chi connectivity index (χ4n) is 5.07. The molecule has 1 aliphatic carbocycles. The lowest BCUT2D eigenvalue weighted by atomic mass is 9.75. The summed E-state index contributed by atoms with van der Waals surface area (Å²) in [5, 5.41) is 1.20. The molecule has 1 fully saturated rings. The van der Waals surface area contributed by atoms with Crippen LogP contribution in [-0.2, 0) is 6.42 Å². The topological polar surface area (TPSA) is 86.0 Å². The van der Waals surface area contributed by atoms with Crippen molar-refractivity contribution in [2.75, 3.05) is 13.1 Å². The number of piperidine rings is 1. The Bertz CT molecular complexity index is 1210. The monoisotopic (exact) mass is 417 g/mol. The van der Waals surface area contributed by atoms with E-state index in [-0.39, 0.29) is 22.7 Å². The molecule has 0 radical (unpaired) electrons. The molecule has 160 valence electrons. The molecule has 1 aromatic carbocycles. The summed E-state index contributed by atoms with van der Waals surface area (Å²) < 4.78 is 0. The Morgan fingerprint density at radius 1 is 1.03 bits per heavy atom. The molecular weight excluding hydrogens is 390 g/mol. The molecule has 3 heterocycles. The molecule has 1 amide bonds. The molecular formula is C25H27N3O3. The maximum atomic E-state index is 13.1. The average Bonchev–Trinajstić information content (AvgIpc) is 3.16. The normalized spacial score (nSPS) is 18.9. The molecule has 0 atom stereocenters. The molecule has 0 saturated carbocycles. The maximum absolute atomic E-state index is 13.1. The van der Waals surface area contributed by atoms with Crippen molar-refractivity contribution in [2.45, 2.75) is 45.4 Å². The highest BCUT2D eigenvalue weighted by molar-refractivity contribution is 6.02. The number of carbonyl (C=O) groups excluding carboxylic acids is 2. The summed E-state index contributed by atoms with van der Waals surface area (Å²) in [6.45, 7) is 5.22. The molecule has 0 bridgehead atoms. The number of ketones is 1. The lowest BCUT2D eigenvalue weighted by Gasteiger charge is -2.32. The Hall–Kier alpha value is -3.15. The number of hydrogen-bond donors (Lipinski definition) is 2. The van der Waals surface area contributed by atoms with Gasteiger partial charge in [-0.05, 0) is 48.3 Å². The number of para-hydroxylation sites is 1. The highest BCUT2D eigenvalue weighted by Gasteiger charge is 2.34. The minimum absolute atomic E-state index is 0.00549. The zero-order chi connectivity index (χ0) is 21.8. The summed E-state index contributed by atoms with van der Waals surface area (Å²) in [5.74, 6) is 0.0768. The van der Waals surface area contributed by atoms with Crippen LogP contribution in [0, 0.1) is 5.41 Å². The van der Waals surface area contributed by atoms with Crippen molar-refractivity contribution < 1.29 is 9.59 Å². The van der Waals surface area contributed by atoms with Gasteiger partial charge in [0.05, 0.1) is 0 Å². The van der Waals surface area contributed by atoms with E-state index in [4.69, 9.17) is 0 Å². The number of nitrogens with one attached hydrogen (secondary N) is 2. The fraction of sp³-hybridized carbons (Fsp3) is 0.400. The van der Waals surface area contributed by atoms with E-state index in [1.807, 2.05) is 26.0 Å². The van der Waals surface area contributed by atoms with E-state index in [0.29, 0.717) is 43.1 Å². The minimum Gasteiger partial charge on any atom is -0.358 e. The predicted molar refractivity (Wildman–Crippen MR) is 120 cm³/mol.